The van der Waals surface area contributed by atoms with Gasteiger partial charge in [-0.1, -0.05) is 88.2 Å². The van der Waals surface area contributed by atoms with Crippen LogP contribution in [0.1, 0.15) is 79.2 Å². The van der Waals surface area contributed by atoms with Gasteiger partial charge in [-0.25, -0.2) is 0 Å². The second-order valence-corrected chi connectivity index (χ2v) is 15.2. The maximum atomic E-state index is 14.8. The smallest absolute Gasteiger partial charge is 0.249 e. The number of amides is 3. The molecule has 5 rings (SSSR count). The van der Waals surface area contributed by atoms with Crippen molar-refractivity contribution in [2.75, 3.05) is 26.2 Å². The number of hydrogen-bond donors (Lipinski definition) is 1. The molecule has 0 aliphatic carbocycles. The van der Waals surface area contributed by atoms with E-state index in [2.05, 4.69) is 34.6 Å². The summed E-state index contributed by atoms with van der Waals surface area (Å²) < 4.78 is 7.01. The Hall–Kier alpha value is -2.97. The van der Waals surface area contributed by atoms with Crippen LogP contribution in [0, 0.1) is 17.3 Å². The van der Waals surface area contributed by atoms with E-state index in [4.69, 9.17) is 4.74 Å². The molecular weight excluding hydrogens is 554 g/mol. The van der Waals surface area contributed by atoms with E-state index in [1.54, 1.807) is 4.90 Å². The van der Waals surface area contributed by atoms with Gasteiger partial charge in [0.2, 0.25) is 17.7 Å². The van der Waals surface area contributed by atoms with Crippen LogP contribution in [0.3, 0.4) is 0 Å². The highest BCUT2D eigenvalue weighted by Gasteiger charge is 2.74. The van der Waals surface area contributed by atoms with E-state index >= 15 is 0 Å². The molecule has 3 amide bonds. The van der Waals surface area contributed by atoms with Crippen LogP contribution < -0.4 is 0 Å². The van der Waals surface area contributed by atoms with Crippen LogP contribution in [0.2, 0.25) is 0 Å². The number of rotatable bonds is 10. The number of aliphatic hydroxyl groups is 1. The Morgan fingerprint density at radius 2 is 1.55 bits per heavy atom. The molecule has 8 nitrogen and oxygen atoms in total. The molecule has 0 radical (unpaired) electrons. The molecule has 4 heterocycles. The van der Waals surface area contributed by atoms with E-state index in [9.17, 15) is 19.5 Å². The summed E-state index contributed by atoms with van der Waals surface area (Å²) in [5.41, 5.74) is -1.74. The summed E-state index contributed by atoms with van der Waals surface area (Å²) in [4.78, 5) is 49.4. The van der Waals surface area contributed by atoms with E-state index in [0.717, 1.165) is 24.8 Å². The lowest BCUT2D eigenvalue weighted by atomic mass is 9.74. The zero-order valence-corrected chi connectivity index (χ0v) is 27.4. The van der Waals surface area contributed by atoms with Gasteiger partial charge in [0.25, 0.3) is 0 Å². The molecule has 240 valence electrons. The molecular formula is C36H51N3O5. The fraction of sp³-hybridized carbons (Fsp3) is 0.639. The van der Waals surface area contributed by atoms with Gasteiger partial charge in [-0.3, -0.25) is 14.4 Å². The Labute approximate surface area is 263 Å². The third-order valence-corrected chi connectivity index (χ3v) is 9.86. The maximum absolute atomic E-state index is 14.8. The number of fused-ring (bicyclic) bond motifs is 2. The summed E-state index contributed by atoms with van der Waals surface area (Å²) in [6.45, 7) is 14.5. The molecule has 1 N–H and O–H groups in total. The number of carbonyl (C=O) groups is 3. The fourth-order valence-corrected chi connectivity index (χ4v) is 8.44. The number of likely N-dealkylation sites (tertiary alicyclic amines) is 1. The van der Waals surface area contributed by atoms with Crippen molar-refractivity contribution < 1.29 is 24.2 Å². The fourth-order valence-electron chi connectivity index (χ4n) is 8.44. The Morgan fingerprint density at radius 1 is 0.864 bits per heavy atom. The number of carbonyl (C=O) groups excluding carboxylic acids is 3. The van der Waals surface area contributed by atoms with E-state index in [1.165, 1.54) is 0 Å². The molecule has 2 saturated heterocycles. The van der Waals surface area contributed by atoms with Crippen molar-refractivity contribution in [3.05, 3.63) is 60.2 Å². The second kappa shape index (κ2) is 12.1. The summed E-state index contributed by atoms with van der Waals surface area (Å²) in [5.74, 6) is -1.98. The molecule has 4 aliphatic rings. The summed E-state index contributed by atoms with van der Waals surface area (Å²) in [7, 11) is 0. The molecule has 44 heavy (non-hydrogen) atoms. The molecule has 8 heteroatoms. The number of nitrogens with zero attached hydrogens (tertiary/aromatic N) is 3. The number of ether oxygens (including phenoxy) is 1. The largest absolute Gasteiger partial charge is 0.396 e. The van der Waals surface area contributed by atoms with E-state index < -0.39 is 34.6 Å². The highest BCUT2D eigenvalue weighted by Crippen LogP contribution is 2.58. The summed E-state index contributed by atoms with van der Waals surface area (Å²) in [6, 6.07) is 9.03. The Morgan fingerprint density at radius 3 is 2.23 bits per heavy atom. The third kappa shape index (κ3) is 5.87. The monoisotopic (exact) mass is 605 g/mol. The lowest BCUT2D eigenvalue weighted by Crippen LogP contribution is -2.60. The van der Waals surface area contributed by atoms with Crippen LogP contribution in [0.4, 0.5) is 0 Å². The van der Waals surface area contributed by atoms with Crippen LogP contribution >= 0.6 is 0 Å². The number of benzene rings is 1. The van der Waals surface area contributed by atoms with Crippen molar-refractivity contribution in [1.82, 2.24) is 14.7 Å². The van der Waals surface area contributed by atoms with E-state index in [1.807, 2.05) is 71.4 Å². The lowest BCUT2D eigenvalue weighted by molar-refractivity contribution is -0.156. The Bertz CT molecular complexity index is 1300. The minimum absolute atomic E-state index is 0.0120. The predicted octanol–water partition coefficient (Wildman–Crippen LogP) is 4.72. The number of hydrogen-bond acceptors (Lipinski definition) is 5. The zero-order valence-electron chi connectivity index (χ0n) is 27.4. The van der Waals surface area contributed by atoms with Crippen LogP contribution in [-0.2, 0) is 25.7 Å². The molecule has 4 aliphatic heterocycles. The first-order chi connectivity index (χ1) is 20.7. The third-order valence-electron chi connectivity index (χ3n) is 9.86. The standard InChI is InChI=1S/C36H51N3O5/c1-33(2,3)25-34(4,5)39-22-15-19-36-28(31(42)38(29(36)32(39)43)21-12-7-8-13-23-40)27-30(41)37(20-14-18-35(27,6)44-36)24-26-16-10-9-11-17-26/h9-11,14-19,27-29,40H,7-8,12-13,20-25H2,1-6H3/t27-,28+,29?,35+,36+/m1/s1. The lowest BCUT2D eigenvalue weighted by Gasteiger charge is -2.44. The average Bonchev–Trinajstić information content (AvgIpc) is 3.20. The molecule has 1 unspecified atom stereocenters. The molecule has 1 aromatic rings. The van der Waals surface area contributed by atoms with Crippen LogP contribution in [0.15, 0.2) is 54.6 Å². The first kappa shape index (κ1) is 32.4. The van der Waals surface area contributed by atoms with Crippen molar-refractivity contribution in [2.45, 2.75) is 103 Å². The molecule has 1 spiro atoms. The van der Waals surface area contributed by atoms with Crippen molar-refractivity contribution in [1.29, 1.82) is 0 Å². The van der Waals surface area contributed by atoms with Crippen molar-refractivity contribution >= 4 is 17.7 Å². The average molecular weight is 606 g/mol. The van der Waals surface area contributed by atoms with Gasteiger partial charge in [0.05, 0.1) is 17.4 Å². The first-order valence-electron chi connectivity index (χ1n) is 16.4. The molecule has 1 aromatic carbocycles. The normalized spacial score (nSPS) is 30.4. The number of aliphatic hydroxyl groups excluding tert-OH is 1. The maximum Gasteiger partial charge on any atom is 0.249 e. The highest BCUT2D eigenvalue weighted by molar-refractivity contribution is 6.00. The predicted molar refractivity (Wildman–Crippen MR) is 170 cm³/mol. The summed E-state index contributed by atoms with van der Waals surface area (Å²) >= 11 is 0. The van der Waals surface area contributed by atoms with Crippen molar-refractivity contribution in [3.63, 3.8) is 0 Å². The van der Waals surface area contributed by atoms with E-state index in [0.29, 0.717) is 39.0 Å². The number of unbranched alkanes of at least 4 members (excludes halogenated alkanes) is 3. The van der Waals surface area contributed by atoms with E-state index in [-0.39, 0.29) is 29.7 Å². The van der Waals surface area contributed by atoms with Gasteiger partial charge in [0, 0.05) is 38.3 Å². The van der Waals surface area contributed by atoms with Crippen molar-refractivity contribution in [2.24, 2.45) is 17.3 Å². The van der Waals surface area contributed by atoms with Gasteiger partial charge < -0.3 is 24.5 Å². The Kier molecular flexibility index (Phi) is 8.91. The van der Waals surface area contributed by atoms with Gasteiger partial charge in [-0.05, 0) is 51.0 Å². The zero-order chi connectivity index (χ0) is 31.9. The van der Waals surface area contributed by atoms with Crippen LogP contribution in [0.25, 0.3) is 0 Å². The van der Waals surface area contributed by atoms with Gasteiger partial charge >= 0.3 is 0 Å². The van der Waals surface area contributed by atoms with Gasteiger partial charge in [-0.2, -0.15) is 0 Å². The van der Waals surface area contributed by atoms with Gasteiger partial charge in [0.1, 0.15) is 11.6 Å². The summed E-state index contributed by atoms with van der Waals surface area (Å²) in [5, 5.41) is 9.25. The second-order valence-electron chi connectivity index (χ2n) is 15.2. The molecule has 2 fully saturated rings. The highest BCUT2D eigenvalue weighted by atomic mass is 16.5. The minimum atomic E-state index is -1.25. The first-order valence-corrected chi connectivity index (χ1v) is 16.4. The SMILES string of the molecule is CC(C)(C)CC(C)(C)N1CC=C[C@]23O[C@@]4(C)C=CCN(Cc5ccccc5)C(=O)[C@H]4[C@H]2C(=O)N(CCCCCCO)C3C1=O. The topological polar surface area (TPSA) is 90.4 Å². The van der Waals surface area contributed by atoms with Gasteiger partial charge in [-0.15, -0.1) is 0 Å². The molecule has 0 aromatic heterocycles. The quantitative estimate of drug-likeness (QED) is 0.308. The Balaban J connectivity index is 1.54. The summed E-state index contributed by atoms with van der Waals surface area (Å²) in [6.07, 6.45) is 11.7. The molecule has 5 atom stereocenters. The molecule has 0 bridgehead atoms. The van der Waals surface area contributed by atoms with Crippen LogP contribution in [-0.4, -0.2) is 86.6 Å². The minimum Gasteiger partial charge on any atom is -0.396 e. The molecule has 0 saturated carbocycles. The van der Waals surface area contributed by atoms with Crippen molar-refractivity contribution in [3.8, 4) is 0 Å². The van der Waals surface area contributed by atoms with Crippen LogP contribution in [0.5, 0.6) is 0 Å². The van der Waals surface area contributed by atoms with Gasteiger partial charge in [0.15, 0.2) is 0 Å².